The van der Waals surface area contributed by atoms with Crippen molar-refractivity contribution in [3.63, 3.8) is 0 Å². The van der Waals surface area contributed by atoms with Crippen LogP contribution in [0.1, 0.15) is 10.9 Å². The summed E-state index contributed by atoms with van der Waals surface area (Å²) in [4.78, 5) is 15.2. The van der Waals surface area contributed by atoms with E-state index in [1.807, 2.05) is 36.5 Å². The van der Waals surface area contributed by atoms with Crippen LogP contribution in [0, 0.1) is 0 Å². The van der Waals surface area contributed by atoms with Gasteiger partial charge in [-0.1, -0.05) is 17.7 Å². The Morgan fingerprint density at radius 3 is 2.46 bits per heavy atom. The lowest BCUT2D eigenvalue weighted by Crippen LogP contribution is -2.37. The summed E-state index contributed by atoms with van der Waals surface area (Å²) < 4.78 is 24.5. The topological polar surface area (TPSA) is 66.5 Å². The number of carbonyl (C=O) groups excluding carboxylic acids is 1. The second kappa shape index (κ2) is 8.11. The van der Waals surface area contributed by atoms with Gasteiger partial charge in [-0.05, 0) is 49.8 Å². The third kappa shape index (κ3) is 5.04. The molecule has 1 aromatic heterocycles. The predicted octanol–water partition coefficient (Wildman–Crippen LogP) is 2.59. The number of benzene rings is 1. The van der Waals surface area contributed by atoms with Gasteiger partial charge in [-0.3, -0.25) is 4.79 Å². The Kier molecular flexibility index (Phi) is 6.40. The molecule has 0 fully saturated rings. The third-order valence-electron chi connectivity index (χ3n) is 3.48. The SMILES string of the molecule is CN(C)C(CNC(=O)CS(=O)(=O)c1ccc(Cl)cc1)c1cccs1. The number of hydrogen-bond acceptors (Lipinski definition) is 5. The molecule has 1 heterocycles. The maximum Gasteiger partial charge on any atom is 0.235 e. The molecule has 1 unspecified atom stereocenters. The van der Waals surface area contributed by atoms with Crippen LogP contribution in [0.2, 0.25) is 5.02 Å². The van der Waals surface area contributed by atoms with Gasteiger partial charge in [0.2, 0.25) is 5.91 Å². The second-order valence-electron chi connectivity index (χ2n) is 5.51. The minimum atomic E-state index is -3.68. The lowest BCUT2D eigenvalue weighted by atomic mass is 10.2. The van der Waals surface area contributed by atoms with Crippen LogP contribution in [0.5, 0.6) is 0 Å². The van der Waals surface area contributed by atoms with Crippen molar-refractivity contribution in [1.82, 2.24) is 10.2 Å². The van der Waals surface area contributed by atoms with Crippen LogP contribution in [0.15, 0.2) is 46.7 Å². The number of sulfone groups is 1. The van der Waals surface area contributed by atoms with Crippen molar-refractivity contribution >= 4 is 38.7 Å². The first-order valence-corrected chi connectivity index (χ1v) is 10.2. The molecule has 0 aliphatic carbocycles. The molecule has 0 spiro atoms. The van der Waals surface area contributed by atoms with Gasteiger partial charge < -0.3 is 10.2 Å². The van der Waals surface area contributed by atoms with E-state index in [0.717, 1.165) is 4.88 Å². The van der Waals surface area contributed by atoms with E-state index in [9.17, 15) is 13.2 Å². The molecule has 1 N–H and O–H groups in total. The number of nitrogens with zero attached hydrogens (tertiary/aromatic N) is 1. The highest BCUT2D eigenvalue weighted by atomic mass is 35.5. The zero-order valence-electron chi connectivity index (χ0n) is 13.4. The smallest absolute Gasteiger partial charge is 0.235 e. The number of carbonyl (C=O) groups is 1. The van der Waals surface area contributed by atoms with E-state index >= 15 is 0 Å². The van der Waals surface area contributed by atoms with E-state index in [4.69, 9.17) is 11.6 Å². The molecule has 0 aliphatic heterocycles. The van der Waals surface area contributed by atoms with Crippen molar-refractivity contribution in [2.24, 2.45) is 0 Å². The number of amides is 1. The lowest BCUT2D eigenvalue weighted by molar-refractivity contribution is -0.118. The molecule has 2 rings (SSSR count). The summed E-state index contributed by atoms with van der Waals surface area (Å²) in [6.07, 6.45) is 0. The van der Waals surface area contributed by atoms with Gasteiger partial charge in [0, 0.05) is 16.4 Å². The molecule has 130 valence electrons. The van der Waals surface area contributed by atoms with Gasteiger partial charge in [-0.15, -0.1) is 11.3 Å². The van der Waals surface area contributed by atoms with Crippen LogP contribution in [0.4, 0.5) is 0 Å². The van der Waals surface area contributed by atoms with Crippen LogP contribution in [0.3, 0.4) is 0 Å². The number of nitrogens with one attached hydrogen (secondary N) is 1. The van der Waals surface area contributed by atoms with Gasteiger partial charge in [0.05, 0.1) is 10.9 Å². The Morgan fingerprint density at radius 1 is 1.25 bits per heavy atom. The molecule has 5 nitrogen and oxygen atoms in total. The molecule has 24 heavy (non-hydrogen) atoms. The highest BCUT2D eigenvalue weighted by Crippen LogP contribution is 2.22. The van der Waals surface area contributed by atoms with Gasteiger partial charge in [0.1, 0.15) is 5.75 Å². The first-order chi connectivity index (χ1) is 11.3. The molecule has 0 saturated heterocycles. The molecule has 0 radical (unpaired) electrons. The third-order valence-corrected chi connectivity index (χ3v) is 6.34. The number of halogens is 1. The Balaban J connectivity index is 1.98. The maximum absolute atomic E-state index is 12.2. The summed E-state index contributed by atoms with van der Waals surface area (Å²) in [5, 5.41) is 5.13. The highest BCUT2D eigenvalue weighted by molar-refractivity contribution is 7.92. The molecule has 2 aromatic rings. The van der Waals surface area contributed by atoms with E-state index in [1.165, 1.54) is 24.3 Å². The Hall–Kier alpha value is -1.41. The highest BCUT2D eigenvalue weighted by Gasteiger charge is 2.21. The average Bonchev–Trinajstić information content (AvgIpc) is 3.01. The zero-order valence-corrected chi connectivity index (χ0v) is 15.8. The summed E-state index contributed by atoms with van der Waals surface area (Å²) in [6.45, 7) is 0.350. The van der Waals surface area contributed by atoms with Crippen LogP contribution in [0.25, 0.3) is 0 Å². The minimum absolute atomic E-state index is 0.00665. The standard InChI is InChI=1S/C16H19ClN2O3S2/c1-19(2)14(15-4-3-9-23-15)10-18-16(20)11-24(21,22)13-7-5-12(17)6-8-13/h3-9,14H,10-11H2,1-2H3,(H,18,20). The summed E-state index contributed by atoms with van der Waals surface area (Å²) in [5.74, 6) is -1.10. The van der Waals surface area contributed by atoms with E-state index < -0.39 is 21.5 Å². The fourth-order valence-electron chi connectivity index (χ4n) is 2.18. The van der Waals surface area contributed by atoms with E-state index in [-0.39, 0.29) is 10.9 Å². The molecule has 0 bridgehead atoms. The molecule has 1 aromatic carbocycles. The molecule has 0 aliphatic rings. The molecular formula is C16H19ClN2O3S2. The number of rotatable bonds is 7. The van der Waals surface area contributed by atoms with E-state index in [2.05, 4.69) is 5.32 Å². The van der Waals surface area contributed by atoms with Crippen LogP contribution in [-0.2, 0) is 14.6 Å². The normalized spacial score (nSPS) is 13.0. The van der Waals surface area contributed by atoms with Gasteiger partial charge in [0.25, 0.3) is 0 Å². The fraction of sp³-hybridized carbons (Fsp3) is 0.312. The lowest BCUT2D eigenvalue weighted by Gasteiger charge is -2.23. The maximum atomic E-state index is 12.2. The van der Waals surface area contributed by atoms with Crippen molar-refractivity contribution in [1.29, 1.82) is 0 Å². The average molecular weight is 387 g/mol. The Labute approximate surface area is 151 Å². The Morgan fingerprint density at radius 2 is 1.92 bits per heavy atom. The quantitative estimate of drug-likeness (QED) is 0.794. The van der Waals surface area contributed by atoms with Crippen molar-refractivity contribution in [2.45, 2.75) is 10.9 Å². The fourth-order valence-corrected chi connectivity index (χ4v) is 4.39. The van der Waals surface area contributed by atoms with Crippen LogP contribution in [-0.4, -0.2) is 45.6 Å². The van der Waals surface area contributed by atoms with Crippen molar-refractivity contribution in [3.05, 3.63) is 51.7 Å². The second-order valence-corrected chi connectivity index (χ2v) is 8.92. The van der Waals surface area contributed by atoms with E-state index in [0.29, 0.717) is 11.6 Å². The van der Waals surface area contributed by atoms with Gasteiger partial charge in [-0.2, -0.15) is 0 Å². The Bertz CT molecular complexity index is 772. The molecule has 8 heteroatoms. The van der Waals surface area contributed by atoms with Crippen molar-refractivity contribution in [2.75, 3.05) is 26.4 Å². The monoisotopic (exact) mass is 386 g/mol. The molecule has 0 saturated carbocycles. The van der Waals surface area contributed by atoms with Gasteiger partial charge in [0.15, 0.2) is 9.84 Å². The minimum Gasteiger partial charge on any atom is -0.353 e. The van der Waals surface area contributed by atoms with Gasteiger partial charge >= 0.3 is 0 Å². The number of thiophene rings is 1. The van der Waals surface area contributed by atoms with Crippen molar-refractivity contribution in [3.8, 4) is 0 Å². The largest absolute Gasteiger partial charge is 0.353 e. The summed E-state index contributed by atoms with van der Waals surface area (Å²) in [6, 6.07) is 9.73. The van der Waals surface area contributed by atoms with E-state index in [1.54, 1.807) is 11.3 Å². The number of likely N-dealkylation sites (N-methyl/N-ethyl adjacent to an activating group) is 1. The number of hydrogen-bond donors (Lipinski definition) is 1. The summed E-state index contributed by atoms with van der Waals surface area (Å²) in [5.41, 5.74) is 0. The first-order valence-electron chi connectivity index (χ1n) is 7.24. The zero-order chi connectivity index (χ0) is 17.7. The molecular weight excluding hydrogens is 368 g/mol. The van der Waals surface area contributed by atoms with Crippen LogP contribution >= 0.6 is 22.9 Å². The van der Waals surface area contributed by atoms with Crippen LogP contribution < -0.4 is 5.32 Å². The summed E-state index contributed by atoms with van der Waals surface area (Å²) >= 11 is 7.35. The predicted molar refractivity (Wildman–Crippen MR) is 97.3 cm³/mol. The molecule has 1 amide bonds. The summed E-state index contributed by atoms with van der Waals surface area (Å²) in [7, 11) is 0.155. The first kappa shape index (κ1) is 18.9. The molecule has 1 atom stereocenters. The van der Waals surface area contributed by atoms with Gasteiger partial charge in [-0.25, -0.2) is 8.42 Å². The van der Waals surface area contributed by atoms with Crippen molar-refractivity contribution < 1.29 is 13.2 Å².